The summed E-state index contributed by atoms with van der Waals surface area (Å²) in [5.41, 5.74) is 2.62. The van der Waals surface area contributed by atoms with E-state index in [0.29, 0.717) is 6.54 Å². The first-order valence-electron chi connectivity index (χ1n) is 7.75. The van der Waals surface area contributed by atoms with Crippen molar-refractivity contribution in [3.05, 3.63) is 59.9 Å². The van der Waals surface area contributed by atoms with Crippen LogP contribution in [0.2, 0.25) is 0 Å². The zero-order valence-corrected chi connectivity index (χ0v) is 13.4. The van der Waals surface area contributed by atoms with Gasteiger partial charge in [0.05, 0.1) is 18.7 Å². The number of hydrogen-bond donors (Lipinski definition) is 0. The van der Waals surface area contributed by atoms with Gasteiger partial charge < -0.3 is 9.64 Å². The van der Waals surface area contributed by atoms with E-state index in [4.69, 9.17) is 4.74 Å². The fourth-order valence-corrected chi connectivity index (χ4v) is 2.73. The molecule has 5 heteroatoms. The quantitative estimate of drug-likeness (QED) is 0.812. The zero-order valence-electron chi connectivity index (χ0n) is 13.4. The number of hydrogen-bond acceptors (Lipinski definition) is 4. The lowest BCUT2D eigenvalue weighted by atomic mass is 10.1. The van der Waals surface area contributed by atoms with E-state index in [1.807, 2.05) is 54.6 Å². The molecule has 2 heterocycles. The van der Waals surface area contributed by atoms with Gasteiger partial charge in [-0.1, -0.05) is 24.3 Å². The first kappa shape index (κ1) is 15.9. The summed E-state index contributed by atoms with van der Waals surface area (Å²) in [5.74, 6) is -0.788. The predicted molar refractivity (Wildman–Crippen MR) is 92.1 cm³/mol. The maximum Gasteiger partial charge on any atom is 0.311 e. The van der Waals surface area contributed by atoms with Gasteiger partial charge in [0.15, 0.2) is 0 Å². The first-order valence-corrected chi connectivity index (χ1v) is 7.75. The Morgan fingerprint density at radius 2 is 2.12 bits per heavy atom. The van der Waals surface area contributed by atoms with E-state index >= 15 is 0 Å². The van der Waals surface area contributed by atoms with Crippen LogP contribution in [-0.4, -0.2) is 30.5 Å². The van der Waals surface area contributed by atoms with Crippen molar-refractivity contribution in [3.8, 4) is 0 Å². The minimum Gasteiger partial charge on any atom is -0.469 e. The SMILES string of the molecule is COC(=O)C1CC(=O)N(c2cccc(C=Cc3ccccn3)c2)C1. The molecule has 0 spiro atoms. The van der Waals surface area contributed by atoms with E-state index in [1.165, 1.54) is 7.11 Å². The minimum atomic E-state index is -0.393. The molecule has 122 valence electrons. The third-order valence-corrected chi connectivity index (χ3v) is 3.98. The highest BCUT2D eigenvalue weighted by Crippen LogP contribution is 2.26. The summed E-state index contributed by atoms with van der Waals surface area (Å²) in [7, 11) is 1.35. The molecule has 24 heavy (non-hydrogen) atoms. The summed E-state index contributed by atoms with van der Waals surface area (Å²) in [5, 5.41) is 0. The Morgan fingerprint density at radius 3 is 2.88 bits per heavy atom. The lowest BCUT2D eigenvalue weighted by Crippen LogP contribution is -2.26. The number of carbonyl (C=O) groups is 2. The van der Waals surface area contributed by atoms with E-state index in [1.54, 1.807) is 11.1 Å². The average Bonchev–Trinajstić information content (AvgIpc) is 3.02. The molecule has 0 N–H and O–H groups in total. The average molecular weight is 322 g/mol. The van der Waals surface area contributed by atoms with E-state index in [9.17, 15) is 9.59 Å². The van der Waals surface area contributed by atoms with Crippen LogP contribution >= 0.6 is 0 Å². The van der Waals surface area contributed by atoms with Crippen molar-refractivity contribution in [1.82, 2.24) is 4.98 Å². The van der Waals surface area contributed by atoms with Crippen molar-refractivity contribution in [3.63, 3.8) is 0 Å². The standard InChI is InChI=1S/C19H18N2O3/c1-24-19(23)15-12-18(22)21(13-15)17-7-4-5-14(11-17)8-9-16-6-2-3-10-20-16/h2-11,15H,12-13H2,1H3. The molecule has 1 aliphatic heterocycles. The van der Waals surface area contributed by atoms with Gasteiger partial charge in [-0.3, -0.25) is 14.6 Å². The Bertz CT molecular complexity index is 771. The summed E-state index contributed by atoms with van der Waals surface area (Å²) >= 11 is 0. The molecule has 1 atom stereocenters. The van der Waals surface area contributed by atoms with Crippen LogP contribution < -0.4 is 4.90 Å². The predicted octanol–water partition coefficient (Wildman–Crippen LogP) is 2.78. The Balaban J connectivity index is 1.77. The Hall–Kier alpha value is -2.95. The summed E-state index contributed by atoms with van der Waals surface area (Å²) in [4.78, 5) is 29.7. The molecule has 1 fully saturated rings. The molecule has 5 nitrogen and oxygen atoms in total. The monoisotopic (exact) mass is 322 g/mol. The summed E-state index contributed by atoms with van der Waals surface area (Å²) in [6, 6.07) is 13.4. The molecule has 2 aromatic rings. The van der Waals surface area contributed by atoms with Crippen LogP contribution in [0.3, 0.4) is 0 Å². The largest absolute Gasteiger partial charge is 0.469 e. The number of esters is 1. The number of ether oxygens (including phenoxy) is 1. The van der Waals surface area contributed by atoms with Crippen molar-refractivity contribution < 1.29 is 14.3 Å². The molecule has 0 bridgehead atoms. The van der Waals surface area contributed by atoms with E-state index in [-0.39, 0.29) is 18.3 Å². The van der Waals surface area contributed by atoms with E-state index < -0.39 is 5.92 Å². The highest BCUT2D eigenvalue weighted by molar-refractivity contribution is 5.99. The van der Waals surface area contributed by atoms with Crippen molar-refractivity contribution >= 4 is 29.7 Å². The Labute approximate surface area is 140 Å². The molecular formula is C19H18N2O3. The second-order valence-corrected chi connectivity index (χ2v) is 5.61. The third kappa shape index (κ3) is 3.51. The van der Waals surface area contributed by atoms with Gasteiger partial charge >= 0.3 is 5.97 Å². The van der Waals surface area contributed by atoms with Gasteiger partial charge in [-0.2, -0.15) is 0 Å². The number of aromatic nitrogens is 1. The molecule has 1 aromatic carbocycles. The van der Waals surface area contributed by atoms with Crippen molar-refractivity contribution in [1.29, 1.82) is 0 Å². The number of pyridine rings is 1. The van der Waals surface area contributed by atoms with Gasteiger partial charge in [0.25, 0.3) is 0 Å². The topological polar surface area (TPSA) is 59.5 Å². The first-order chi connectivity index (χ1) is 11.7. The van der Waals surface area contributed by atoms with E-state index in [0.717, 1.165) is 16.9 Å². The fourth-order valence-electron chi connectivity index (χ4n) is 2.73. The summed E-state index contributed by atoms with van der Waals surface area (Å²) < 4.78 is 4.74. The molecule has 1 unspecified atom stereocenters. The second kappa shape index (κ2) is 7.08. The molecule has 1 aliphatic rings. The second-order valence-electron chi connectivity index (χ2n) is 5.61. The number of benzene rings is 1. The van der Waals surface area contributed by atoms with Crippen LogP contribution in [-0.2, 0) is 14.3 Å². The highest BCUT2D eigenvalue weighted by Gasteiger charge is 2.35. The minimum absolute atomic E-state index is 0.0590. The summed E-state index contributed by atoms with van der Waals surface area (Å²) in [6.07, 6.45) is 5.80. The smallest absolute Gasteiger partial charge is 0.311 e. The fraction of sp³-hybridized carbons (Fsp3) is 0.211. The molecular weight excluding hydrogens is 304 g/mol. The normalized spacial score (nSPS) is 17.5. The van der Waals surface area contributed by atoms with E-state index in [2.05, 4.69) is 4.98 Å². The van der Waals surface area contributed by atoms with Crippen molar-refractivity contribution in [2.24, 2.45) is 5.92 Å². The molecule has 1 saturated heterocycles. The van der Waals surface area contributed by atoms with Crippen LogP contribution in [0.25, 0.3) is 12.2 Å². The number of amides is 1. The number of methoxy groups -OCH3 is 1. The number of carbonyl (C=O) groups excluding carboxylic acids is 2. The molecule has 0 radical (unpaired) electrons. The van der Waals surface area contributed by atoms with Gasteiger partial charge in [0.1, 0.15) is 0 Å². The highest BCUT2D eigenvalue weighted by atomic mass is 16.5. The molecule has 3 rings (SSSR count). The maximum atomic E-state index is 12.2. The molecule has 1 amide bonds. The van der Waals surface area contributed by atoms with Gasteiger partial charge in [-0.25, -0.2) is 0 Å². The van der Waals surface area contributed by atoms with Crippen LogP contribution in [0.15, 0.2) is 48.7 Å². The number of nitrogens with zero attached hydrogens (tertiary/aromatic N) is 2. The van der Waals surface area contributed by atoms with Gasteiger partial charge in [0, 0.05) is 24.8 Å². The molecule has 1 aromatic heterocycles. The van der Waals surface area contributed by atoms with Crippen LogP contribution in [0.1, 0.15) is 17.7 Å². The Morgan fingerprint density at radius 1 is 1.25 bits per heavy atom. The lowest BCUT2D eigenvalue weighted by Gasteiger charge is -2.16. The van der Waals surface area contributed by atoms with Crippen molar-refractivity contribution in [2.45, 2.75) is 6.42 Å². The van der Waals surface area contributed by atoms with Gasteiger partial charge in [-0.15, -0.1) is 0 Å². The molecule has 0 saturated carbocycles. The van der Waals surface area contributed by atoms with Gasteiger partial charge in [0.2, 0.25) is 5.91 Å². The Kier molecular flexibility index (Phi) is 4.70. The van der Waals surface area contributed by atoms with Crippen molar-refractivity contribution in [2.75, 3.05) is 18.6 Å². The lowest BCUT2D eigenvalue weighted by molar-refractivity contribution is -0.145. The number of rotatable bonds is 4. The molecule has 0 aliphatic carbocycles. The zero-order chi connectivity index (χ0) is 16.9. The van der Waals surface area contributed by atoms with Crippen LogP contribution in [0.4, 0.5) is 5.69 Å². The summed E-state index contributed by atoms with van der Waals surface area (Å²) in [6.45, 7) is 0.360. The number of anilines is 1. The van der Waals surface area contributed by atoms with Gasteiger partial charge in [-0.05, 0) is 35.9 Å². The van der Waals surface area contributed by atoms with Crippen LogP contribution in [0, 0.1) is 5.92 Å². The van der Waals surface area contributed by atoms with Crippen LogP contribution in [0.5, 0.6) is 0 Å². The maximum absolute atomic E-state index is 12.2. The third-order valence-electron chi connectivity index (χ3n) is 3.98.